The summed E-state index contributed by atoms with van der Waals surface area (Å²) in [5, 5.41) is 0. The van der Waals surface area contributed by atoms with Crippen LogP contribution in [0.3, 0.4) is 0 Å². The van der Waals surface area contributed by atoms with E-state index in [4.69, 9.17) is 0 Å². The Balaban J connectivity index is 1.39. The molecule has 5 nitrogen and oxygen atoms in total. The van der Waals surface area contributed by atoms with Gasteiger partial charge in [-0.3, -0.25) is 15.6 Å². The number of nitrogens with zero attached hydrogens (tertiary/aromatic N) is 2. The summed E-state index contributed by atoms with van der Waals surface area (Å²) in [4.78, 5) is 22.2. The minimum absolute atomic E-state index is 0.117. The number of aromatic nitrogens is 2. The van der Waals surface area contributed by atoms with E-state index in [2.05, 4.69) is 52.0 Å². The fourth-order valence-corrected chi connectivity index (χ4v) is 6.80. The number of rotatable bonds is 4. The van der Waals surface area contributed by atoms with Gasteiger partial charge >= 0.3 is 0 Å². The number of carbonyl (C=O) groups excluding carboxylic acids is 1. The van der Waals surface area contributed by atoms with Crippen molar-refractivity contribution in [3.63, 3.8) is 0 Å². The Labute approximate surface area is 172 Å². The number of nitrogens with one attached hydrogen (secondary N) is 2. The zero-order valence-electron chi connectivity index (χ0n) is 17.6. The van der Waals surface area contributed by atoms with Gasteiger partial charge in [0.1, 0.15) is 0 Å². The molecule has 1 amide bonds. The molecule has 2 N–H and O–H groups in total. The molecule has 0 radical (unpaired) electrons. The number of hydrogen-bond donors (Lipinski definition) is 2. The van der Waals surface area contributed by atoms with Crippen LogP contribution in [-0.4, -0.2) is 15.9 Å². The Kier molecular flexibility index (Phi) is 4.19. The molecule has 0 aliphatic heterocycles. The summed E-state index contributed by atoms with van der Waals surface area (Å²) in [6, 6.07) is 11.0. The molecule has 2 aromatic rings. The molecule has 29 heavy (non-hydrogen) atoms. The predicted octanol–water partition coefficient (Wildman–Crippen LogP) is 4.38. The summed E-state index contributed by atoms with van der Waals surface area (Å²) in [7, 11) is 0. The second-order valence-electron chi connectivity index (χ2n) is 9.94. The highest BCUT2D eigenvalue weighted by atomic mass is 16.2. The van der Waals surface area contributed by atoms with Crippen LogP contribution in [0.15, 0.2) is 30.3 Å². The van der Waals surface area contributed by atoms with E-state index < -0.39 is 0 Å². The summed E-state index contributed by atoms with van der Waals surface area (Å²) in [5.41, 5.74) is 10.4. The monoisotopic (exact) mass is 390 g/mol. The lowest BCUT2D eigenvalue weighted by atomic mass is 9.42. The molecule has 0 spiro atoms. The molecule has 4 bridgehead atoms. The number of aryl methyl sites for hydroxylation is 3. The van der Waals surface area contributed by atoms with Crippen LogP contribution in [0.5, 0.6) is 0 Å². The fraction of sp³-hybridized carbons (Fsp3) is 0.542. The van der Waals surface area contributed by atoms with Crippen molar-refractivity contribution in [2.24, 2.45) is 17.3 Å². The zero-order valence-corrected chi connectivity index (χ0v) is 17.6. The van der Waals surface area contributed by atoms with Gasteiger partial charge in [-0.05, 0) is 88.2 Å². The van der Waals surface area contributed by atoms with Crippen LogP contribution in [0.1, 0.15) is 61.0 Å². The molecule has 2 atom stereocenters. The molecule has 0 saturated heterocycles. The van der Waals surface area contributed by atoms with E-state index in [1.807, 2.05) is 19.9 Å². The van der Waals surface area contributed by atoms with Gasteiger partial charge < -0.3 is 0 Å². The first-order valence-electron chi connectivity index (χ1n) is 10.8. The van der Waals surface area contributed by atoms with E-state index in [1.54, 1.807) is 0 Å². The highest BCUT2D eigenvalue weighted by molar-refractivity contribution is 5.84. The smallest absolute Gasteiger partial charge is 0.244 e. The Hall–Kier alpha value is -2.43. The first-order valence-corrected chi connectivity index (χ1v) is 10.8. The SMILES string of the molecule is Cc1ccc(C23CC4CC(CC(C(=O)NNc5nc(C)cc(C)n5)(C4)C2)C3)cc1. The van der Waals surface area contributed by atoms with Crippen LogP contribution in [0.4, 0.5) is 5.95 Å². The molecule has 4 aliphatic rings. The predicted molar refractivity (Wildman–Crippen MR) is 113 cm³/mol. The van der Waals surface area contributed by atoms with Crippen molar-refractivity contribution in [1.82, 2.24) is 15.4 Å². The summed E-state index contributed by atoms with van der Waals surface area (Å²) >= 11 is 0. The van der Waals surface area contributed by atoms with Crippen molar-refractivity contribution in [3.05, 3.63) is 52.8 Å². The molecule has 1 aromatic heterocycles. The Morgan fingerprint density at radius 2 is 1.59 bits per heavy atom. The van der Waals surface area contributed by atoms with Gasteiger partial charge in [0.15, 0.2) is 0 Å². The Bertz CT molecular complexity index is 918. The van der Waals surface area contributed by atoms with Crippen LogP contribution < -0.4 is 10.9 Å². The van der Waals surface area contributed by atoms with Crippen molar-refractivity contribution < 1.29 is 4.79 Å². The normalized spacial score (nSPS) is 32.2. The van der Waals surface area contributed by atoms with Crippen LogP contribution in [0.25, 0.3) is 0 Å². The standard InChI is InChI=1S/C24H30N4O/c1-15-4-6-20(7-5-15)23-10-18-9-19(11-23)13-24(12-18,14-23)21(29)27-28-22-25-16(2)8-17(3)26-22/h4-8,18-19H,9-14H2,1-3H3,(H,27,29)(H,25,26,28). The summed E-state index contributed by atoms with van der Waals surface area (Å²) in [6.07, 6.45) is 6.73. The third-order valence-electron chi connectivity index (χ3n) is 7.48. The topological polar surface area (TPSA) is 66.9 Å². The molecule has 4 fully saturated rings. The molecule has 2 unspecified atom stereocenters. The summed E-state index contributed by atoms with van der Waals surface area (Å²) in [5.74, 6) is 1.89. The lowest BCUT2D eigenvalue weighted by molar-refractivity contribution is -0.148. The van der Waals surface area contributed by atoms with Crippen molar-refractivity contribution in [3.8, 4) is 0 Å². The lowest BCUT2D eigenvalue weighted by Gasteiger charge is -2.61. The van der Waals surface area contributed by atoms with E-state index >= 15 is 0 Å². The molecule has 1 heterocycles. The number of benzene rings is 1. The number of amides is 1. The van der Waals surface area contributed by atoms with Gasteiger partial charge in [0.25, 0.3) is 0 Å². The first kappa shape index (κ1) is 18.6. The third kappa shape index (κ3) is 3.21. The average Bonchev–Trinajstić information content (AvgIpc) is 2.64. The summed E-state index contributed by atoms with van der Waals surface area (Å²) < 4.78 is 0. The molecule has 4 aliphatic carbocycles. The molecule has 1 aromatic carbocycles. The molecular weight excluding hydrogens is 360 g/mol. The summed E-state index contributed by atoms with van der Waals surface area (Å²) in [6.45, 7) is 6.01. The first-order chi connectivity index (χ1) is 13.9. The van der Waals surface area contributed by atoms with Gasteiger partial charge in [-0.2, -0.15) is 0 Å². The molecule has 152 valence electrons. The highest BCUT2D eigenvalue weighted by Crippen LogP contribution is 2.65. The van der Waals surface area contributed by atoms with Gasteiger partial charge in [-0.1, -0.05) is 29.8 Å². The van der Waals surface area contributed by atoms with E-state index in [9.17, 15) is 4.79 Å². The lowest BCUT2D eigenvalue weighted by Crippen LogP contribution is -2.59. The minimum atomic E-state index is -0.277. The van der Waals surface area contributed by atoms with Crippen LogP contribution >= 0.6 is 0 Å². The van der Waals surface area contributed by atoms with Gasteiger partial charge in [0.2, 0.25) is 11.9 Å². The van der Waals surface area contributed by atoms with Gasteiger partial charge in [0.05, 0.1) is 5.41 Å². The maximum atomic E-state index is 13.4. The van der Waals surface area contributed by atoms with E-state index in [-0.39, 0.29) is 16.7 Å². The maximum absolute atomic E-state index is 13.4. The van der Waals surface area contributed by atoms with E-state index in [1.165, 1.54) is 30.4 Å². The molecule has 5 heteroatoms. The number of hydrazine groups is 1. The van der Waals surface area contributed by atoms with Crippen LogP contribution in [0.2, 0.25) is 0 Å². The molecule has 6 rings (SSSR count). The van der Waals surface area contributed by atoms with Crippen LogP contribution in [0, 0.1) is 38.0 Å². The number of anilines is 1. The van der Waals surface area contributed by atoms with Gasteiger partial charge in [-0.15, -0.1) is 0 Å². The average molecular weight is 391 g/mol. The minimum Gasteiger partial charge on any atom is -0.273 e. The number of carbonyl (C=O) groups is 1. The van der Waals surface area contributed by atoms with E-state index in [0.717, 1.165) is 30.7 Å². The van der Waals surface area contributed by atoms with Crippen molar-refractivity contribution >= 4 is 11.9 Å². The highest BCUT2D eigenvalue weighted by Gasteiger charge is 2.60. The van der Waals surface area contributed by atoms with Crippen molar-refractivity contribution in [2.45, 2.75) is 64.7 Å². The molecular formula is C24H30N4O. The van der Waals surface area contributed by atoms with E-state index in [0.29, 0.717) is 17.8 Å². The quantitative estimate of drug-likeness (QED) is 0.760. The number of hydrogen-bond acceptors (Lipinski definition) is 4. The van der Waals surface area contributed by atoms with Crippen molar-refractivity contribution in [2.75, 3.05) is 5.43 Å². The second-order valence-corrected chi connectivity index (χ2v) is 9.94. The Morgan fingerprint density at radius 3 is 2.21 bits per heavy atom. The van der Waals surface area contributed by atoms with Gasteiger partial charge in [-0.25, -0.2) is 9.97 Å². The van der Waals surface area contributed by atoms with Gasteiger partial charge in [0, 0.05) is 11.4 Å². The maximum Gasteiger partial charge on any atom is 0.244 e. The fourth-order valence-electron chi connectivity index (χ4n) is 6.80. The largest absolute Gasteiger partial charge is 0.273 e. The second kappa shape index (κ2) is 6.54. The Morgan fingerprint density at radius 1 is 0.966 bits per heavy atom. The zero-order chi connectivity index (χ0) is 20.2. The third-order valence-corrected chi connectivity index (χ3v) is 7.48. The van der Waals surface area contributed by atoms with Crippen LogP contribution in [-0.2, 0) is 10.2 Å². The molecule has 4 saturated carbocycles. The van der Waals surface area contributed by atoms with Crippen molar-refractivity contribution in [1.29, 1.82) is 0 Å².